The van der Waals surface area contributed by atoms with E-state index in [-0.39, 0.29) is 40.1 Å². The first kappa shape index (κ1) is 26.0. The summed E-state index contributed by atoms with van der Waals surface area (Å²) in [7, 11) is 0. The van der Waals surface area contributed by atoms with Crippen molar-refractivity contribution in [3.05, 3.63) is 34.9 Å². The second kappa shape index (κ2) is 10.3. The third-order valence-electron chi connectivity index (χ3n) is 6.92. The number of hydrogen-bond acceptors (Lipinski definition) is 5. The molecule has 0 heterocycles. The van der Waals surface area contributed by atoms with Crippen molar-refractivity contribution >= 4 is 17.5 Å². The van der Waals surface area contributed by atoms with Crippen molar-refractivity contribution < 1.29 is 24.5 Å². The summed E-state index contributed by atoms with van der Waals surface area (Å²) in [5, 5.41) is 8.99. The average molecular weight is 419 g/mol. The number of hydrogen-bond donors (Lipinski definition) is 1. The molecule has 0 aliphatic carbocycles. The van der Waals surface area contributed by atoms with Gasteiger partial charge in [-0.3, -0.25) is 14.5 Å². The molecule has 0 aliphatic heterocycles. The van der Waals surface area contributed by atoms with Gasteiger partial charge in [0, 0.05) is 22.0 Å². The minimum absolute atomic E-state index is 0.0446. The van der Waals surface area contributed by atoms with Crippen LogP contribution in [0.3, 0.4) is 0 Å². The molecule has 1 aromatic rings. The third kappa shape index (κ3) is 5.18. The molecule has 0 amide bonds. The number of rotatable bonds is 11. The van der Waals surface area contributed by atoms with Crippen LogP contribution in [0.1, 0.15) is 112 Å². The standard InChI is InChI=1S/C25H38O5/c1-9-12-16(3)24(5,6)21(26)18-14-11-15-19(23(28)30-29)20(18)22(27)25(7,8)17(4)13-10-2/h11,14-17,29H,9-10,12-13H2,1-8H3. The Hall–Kier alpha value is -2.01. The lowest BCUT2D eigenvalue weighted by Crippen LogP contribution is -2.37. The molecule has 0 aromatic heterocycles. The van der Waals surface area contributed by atoms with Crippen molar-refractivity contribution in [3.63, 3.8) is 0 Å². The summed E-state index contributed by atoms with van der Waals surface area (Å²) in [6, 6.07) is 4.58. The van der Waals surface area contributed by atoms with Gasteiger partial charge in [-0.1, -0.05) is 93.2 Å². The number of carbonyl (C=O) groups is 3. The summed E-state index contributed by atoms with van der Waals surface area (Å²) in [6.07, 6.45) is 3.58. The maximum Gasteiger partial charge on any atom is 0.373 e. The van der Waals surface area contributed by atoms with E-state index < -0.39 is 16.8 Å². The quantitative estimate of drug-likeness (QED) is 0.248. The van der Waals surface area contributed by atoms with Gasteiger partial charge in [0.2, 0.25) is 0 Å². The summed E-state index contributed by atoms with van der Waals surface area (Å²) in [4.78, 5) is 43.6. The van der Waals surface area contributed by atoms with Gasteiger partial charge in [-0.15, -0.1) is 0 Å². The average Bonchev–Trinajstić information content (AvgIpc) is 2.71. The zero-order valence-corrected chi connectivity index (χ0v) is 19.8. The lowest BCUT2D eigenvalue weighted by molar-refractivity contribution is -0.182. The summed E-state index contributed by atoms with van der Waals surface area (Å²) in [5.41, 5.74) is -1.33. The third-order valence-corrected chi connectivity index (χ3v) is 6.92. The first-order chi connectivity index (χ1) is 13.9. The van der Waals surface area contributed by atoms with Gasteiger partial charge in [0.1, 0.15) is 0 Å². The first-order valence-electron chi connectivity index (χ1n) is 11.0. The molecule has 2 atom stereocenters. The van der Waals surface area contributed by atoms with Gasteiger partial charge in [0.25, 0.3) is 0 Å². The Labute approximate surface area is 181 Å². The highest BCUT2D eigenvalue weighted by Crippen LogP contribution is 2.39. The molecular formula is C25H38O5. The van der Waals surface area contributed by atoms with E-state index in [4.69, 9.17) is 5.26 Å². The van der Waals surface area contributed by atoms with Gasteiger partial charge in [0.15, 0.2) is 11.6 Å². The maximum atomic E-state index is 13.7. The lowest BCUT2D eigenvalue weighted by Gasteiger charge is -2.34. The molecule has 5 heteroatoms. The van der Waals surface area contributed by atoms with Crippen LogP contribution in [-0.2, 0) is 4.89 Å². The predicted octanol–water partition coefficient (Wildman–Crippen LogP) is 6.61. The van der Waals surface area contributed by atoms with E-state index in [1.54, 1.807) is 12.1 Å². The lowest BCUT2D eigenvalue weighted by atomic mass is 9.68. The van der Waals surface area contributed by atoms with Crippen LogP contribution in [0.25, 0.3) is 0 Å². The molecule has 1 rings (SSSR count). The zero-order chi connectivity index (χ0) is 23.3. The van der Waals surface area contributed by atoms with E-state index in [9.17, 15) is 14.4 Å². The fraction of sp³-hybridized carbons (Fsp3) is 0.640. The van der Waals surface area contributed by atoms with Crippen LogP contribution in [0.5, 0.6) is 0 Å². The Morgan fingerprint density at radius 3 is 1.73 bits per heavy atom. The minimum Gasteiger partial charge on any atom is -0.295 e. The van der Waals surface area contributed by atoms with Crippen molar-refractivity contribution in [1.29, 1.82) is 0 Å². The van der Waals surface area contributed by atoms with Crippen LogP contribution in [-0.4, -0.2) is 22.8 Å². The predicted molar refractivity (Wildman–Crippen MR) is 119 cm³/mol. The minimum atomic E-state index is -1.04. The van der Waals surface area contributed by atoms with E-state index >= 15 is 0 Å². The van der Waals surface area contributed by atoms with Crippen molar-refractivity contribution in [2.24, 2.45) is 22.7 Å². The molecule has 0 saturated heterocycles. The monoisotopic (exact) mass is 418 g/mol. The van der Waals surface area contributed by atoms with Crippen LogP contribution in [0, 0.1) is 22.7 Å². The first-order valence-corrected chi connectivity index (χ1v) is 11.0. The Kier molecular flexibility index (Phi) is 8.97. The number of Topliss-reactive ketones (excluding diaryl/α,β-unsaturated/α-hetero) is 2. The Balaban J connectivity index is 3.70. The highest BCUT2D eigenvalue weighted by Gasteiger charge is 2.41. The normalized spacial score (nSPS) is 14.2. The molecular weight excluding hydrogens is 380 g/mol. The van der Waals surface area contributed by atoms with Crippen LogP contribution in [0.4, 0.5) is 0 Å². The van der Waals surface area contributed by atoms with Gasteiger partial charge in [-0.25, -0.2) is 4.79 Å². The largest absolute Gasteiger partial charge is 0.373 e. The van der Waals surface area contributed by atoms with E-state index in [1.807, 2.05) is 41.5 Å². The molecule has 168 valence electrons. The molecule has 0 radical (unpaired) electrons. The van der Waals surface area contributed by atoms with Crippen molar-refractivity contribution in [2.75, 3.05) is 0 Å². The van der Waals surface area contributed by atoms with Gasteiger partial charge < -0.3 is 0 Å². The molecule has 30 heavy (non-hydrogen) atoms. The zero-order valence-electron chi connectivity index (χ0n) is 19.8. The Bertz CT molecular complexity index is 776. The second-order valence-corrected chi connectivity index (χ2v) is 9.59. The van der Waals surface area contributed by atoms with Crippen LogP contribution in [0.15, 0.2) is 18.2 Å². The van der Waals surface area contributed by atoms with Crippen molar-refractivity contribution in [3.8, 4) is 0 Å². The molecule has 0 bridgehead atoms. The second-order valence-electron chi connectivity index (χ2n) is 9.59. The van der Waals surface area contributed by atoms with Gasteiger partial charge in [-0.05, 0) is 17.9 Å². The van der Waals surface area contributed by atoms with Gasteiger partial charge in [-0.2, -0.15) is 5.26 Å². The Morgan fingerprint density at radius 1 is 0.867 bits per heavy atom. The van der Waals surface area contributed by atoms with Crippen LogP contribution < -0.4 is 0 Å². The summed E-state index contributed by atoms with van der Waals surface area (Å²) in [6.45, 7) is 15.6. The molecule has 0 saturated carbocycles. The molecule has 1 aromatic carbocycles. The van der Waals surface area contributed by atoms with Crippen LogP contribution in [0.2, 0.25) is 0 Å². The fourth-order valence-corrected chi connectivity index (χ4v) is 3.91. The number of benzene rings is 1. The van der Waals surface area contributed by atoms with E-state index in [0.717, 1.165) is 25.7 Å². The van der Waals surface area contributed by atoms with E-state index in [2.05, 4.69) is 18.7 Å². The maximum absolute atomic E-state index is 13.7. The SMILES string of the molecule is CCCC(C)C(C)(C)C(=O)c1cccc(C(=O)OO)c1C(=O)C(C)(C)C(C)CCC. The molecule has 2 unspecified atom stereocenters. The van der Waals surface area contributed by atoms with E-state index in [1.165, 1.54) is 6.07 Å². The molecule has 0 spiro atoms. The van der Waals surface area contributed by atoms with Crippen molar-refractivity contribution in [2.45, 2.75) is 81.1 Å². The van der Waals surface area contributed by atoms with Crippen molar-refractivity contribution in [1.82, 2.24) is 0 Å². The van der Waals surface area contributed by atoms with E-state index in [0.29, 0.717) is 0 Å². The Morgan fingerprint density at radius 2 is 1.30 bits per heavy atom. The van der Waals surface area contributed by atoms with Crippen LogP contribution >= 0.6 is 0 Å². The van der Waals surface area contributed by atoms with Gasteiger partial charge in [0.05, 0.1) is 5.56 Å². The fourth-order valence-electron chi connectivity index (χ4n) is 3.91. The molecule has 0 aliphatic rings. The summed E-state index contributed by atoms with van der Waals surface area (Å²) >= 11 is 0. The molecule has 0 fully saturated rings. The molecule has 1 N–H and O–H groups in total. The molecule has 5 nitrogen and oxygen atoms in total. The van der Waals surface area contributed by atoms with Gasteiger partial charge >= 0.3 is 5.97 Å². The summed E-state index contributed by atoms with van der Waals surface area (Å²) < 4.78 is 0. The topological polar surface area (TPSA) is 80.7 Å². The number of carbonyl (C=O) groups excluding carboxylic acids is 3. The number of ketones is 2. The highest BCUT2D eigenvalue weighted by molar-refractivity contribution is 6.16. The summed E-state index contributed by atoms with van der Waals surface area (Å²) in [5.74, 6) is -1.36. The highest BCUT2D eigenvalue weighted by atomic mass is 17.1. The smallest absolute Gasteiger partial charge is 0.295 e.